The number of benzene rings is 2. The van der Waals surface area contributed by atoms with Gasteiger partial charge in [0, 0.05) is 25.1 Å². The van der Waals surface area contributed by atoms with E-state index in [0.29, 0.717) is 48.4 Å². The summed E-state index contributed by atoms with van der Waals surface area (Å²) in [7, 11) is 0. The Morgan fingerprint density at radius 3 is 1.90 bits per heavy atom. The minimum absolute atomic E-state index is 0.306. The summed E-state index contributed by atoms with van der Waals surface area (Å²) in [4.78, 5) is 11.4. The monoisotopic (exact) mass is 546 g/mol. The van der Waals surface area contributed by atoms with Crippen LogP contribution in [0.25, 0.3) is 22.1 Å². The summed E-state index contributed by atoms with van der Waals surface area (Å²) in [5, 5.41) is 17.2. The Bertz CT molecular complexity index is 1840. The Kier molecular flexibility index (Phi) is 8.95. The van der Waals surface area contributed by atoms with E-state index in [9.17, 15) is 8.78 Å². The van der Waals surface area contributed by atoms with Crippen molar-refractivity contribution in [3.05, 3.63) is 108 Å². The molecule has 0 fully saturated rings. The largest absolute Gasteiger partial charge is 0.248 e. The number of fused-ring (bicyclic) bond motifs is 2. The van der Waals surface area contributed by atoms with Crippen molar-refractivity contribution in [2.45, 2.75) is 32.6 Å². The van der Waals surface area contributed by atoms with Gasteiger partial charge in [-0.1, -0.05) is 36.1 Å². The summed E-state index contributed by atoms with van der Waals surface area (Å²) < 4.78 is 25.5. The fraction of sp³-hybridized carbons (Fsp3) is 0.161. The molecule has 202 valence electrons. The lowest BCUT2D eigenvalue weighted by Crippen LogP contribution is -2.01. The van der Waals surface area contributed by atoms with E-state index in [2.05, 4.69) is 54.0 Å². The third kappa shape index (κ3) is 7.78. The van der Waals surface area contributed by atoms with E-state index in [4.69, 9.17) is 0 Å². The molecule has 6 rings (SSSR count). The molecule has 4 heterocycles. The number of aromatic nitrogens is 8. The van der Waals surface area contributed by atoms with Gasteiger partial charge in [-0.2, -0.15) is 30.0 Å². The van der Waals surface area contributed by atoms with E-state index in [1.807, 2.05) is 42.5 Å². The zero-order valence-electron chi connectivity index (χ0n) is 22.0. The number of alkyl halides is 1. The summed E-state index contributed by atoms with van der Waals surface area (Å²) in [5.41, 5.74) is 4.73. The van der Waals surface area contributed by atoms with Gasteiger partial charge in [-0.3, -0.25) is 0 Å². The van der Waals surface area contributed by atoms with E-state index in [0.717, 1.165) is 16.7 Å². The van der Waals surface area contributed by atoms with Crippen LogP contribution in [0.3, 0.4) is 0 Å². The first-order chi connectivity index (χ1) is 20.2. The summed E-state index contributed by atoms with van der Waals surface area (Å²) in [6.07, 6.45) is 2.93. The number of hydrogen-bond donors (Lipinski definition) is 0. The van der Waals surface area contributed by atoms with Gasteiger partial charge in [-0.05, 0) is 60.4 Å². The predicted octanol–water partition coefficient (Wildman–Crippen LogP) is 5.14. The van der Waals surface area contributed by atoms with E-state index >= 15 is 0 Å². The first-order valence-corrected chi connectivity index (χ1v) is 12.9. The molecule has 0 atom stereocenters. The molecular weight excluding hydrogens is 522 g/mol. The third-order valence-corrected chi connectivity index (χ3v) is 5.63. The number of halogens is 2. The van der Waals surface area contributed by atoms with Crippen LogP contribution in [0.1, 0.15) is 29.9 Å². The second-order valence-corrected chi connectivity index (χ2v) is 8.68. The lowest BCUT2D eigenvalue weighted by molar-refractivity contribution is 0.476. The Hall–Kier alpha value is -5.48. The van der Waals surface area contributed by atoms with Gasteiger partial charge < -0.3 is 0 Å². The van der Waals surface area contributed by atoms with Gasteiger partial charge >= 0.3 is 0 Å². The van der Waals surface area contributed by atoms with Crippen molar-refractivity contribution in [1.29, 1.82) is 0 Å². The molecule has 4 aromatic heterocycles. The van der Waals surface area contributed by atoms with Gasteiger partial charge in [0.05, 0.1) is 18.8 Å². The molecule has 0 radical (unpaired) electrons. The van der Waals surface area contributed by atoms with Crippen molar-refractivity contribution in [2.24, 2.45) is 0 Å². The lowest BCUT2D eigenvalue weighted by atomic mass is 10.3. The minimum Gasteiger partial charge on any atom is -0.248 e. The van der Waals surface area contributed by atoms with Crippen molar-refractivity contribution < 1.29 is 8.78 Å². The van der Waals surface area contributed by atoms with Gasteiger partial charge in [0.15, 0.2) is 0 Å². The molecule has 0 aliphatic rings. The van der Waals surface area contributed by atoms with Crippen LogP contribution in [0.5, 0.6) is 0 Å². The standard InChI is InChI=1S/C16H13FN4.C15H11FN4/c17-12-14-8-5-7-13(18-14)6-3-4-11-21-19-15-9-1-2-10-16(15)20-21;16-12-7-8-14-15(11-12)19-20(18-14)10-4-2-6-13-5-1-3-9-17-13/h1-2,5,7-10H,4,11-12H2;1,3,5,7-9,11H,4,10H2. The Balaban J connectivity index is 0.000000165. The van der Waals surface area contributed by atoms with Crippen molar-refractivity contribution >= 4 is 22.1 Å². The molecule has 0 saturated heterocycles. The van der Waals surface area contributed by atoms with Crippen molar-refractivity contribution in [1.82, 2.24) is 40.0 Å². The fourth-order valence-electron chi connectivity index (χ4n) is 3.71. The average molecular weight is 547 g/mol. The van der Waals surface area contributed by atoms with Crippen LogP contribution in [-0.4, -0.2) is 40.0 Å². The van der Waals surface area contributed by atoms with Crippen LogP contribution < -0.4 is 0 Å². The Morgan fingerprint density at radius 2 is 1.24 bits per heavy atom. The van der Waals surface area contributed by atoms with Crippen LogP contribution in [0.4, 0.5) is 8.78 Å². The van der Waals surface area contributed by atoms with E-state index < -0.39 is 6.67 Å². The second kappa shape index (κ2) is 13.5. The third-order valence-electron chi connectivity index (χ3n) is 5.63. The molecule has 2 aromatic carbocycles. The molecular formula is C31H24F2N8. The molecule has 8 nitrogen and oxygen atoms in total. The van der Waals surface area contributed by atoms with E-state index in [-0.39, 0.29) is 5.82 Å². The maximum atomic E-state index is 13.0. The molecule has 0 N–H and O–H groups in total. The van der Waals surface area contributed by atoms with Gasteiger partial charge in [-0.15, -0.1) is 0 Å². The van der Waals surface area contributed by atoms with E-state index in [1.165, 1.54) is 16.9 Å². The zero-order valence-corrected chi connectivity index (χ0v) is 22.0. The Morgan fingerprint density at radius 1 is 0.634 bits per heavy atom. The maximum absolute atomic E-state index is 13.0. The molecule has 0 aliphatic carbocycles. The Labute approximate surface area is 235 Å². The van der Waals surface area contributed by atoms with Crippen molar-refractivity contribution in [3.8, 4) is 23.7 Å². The van der Waals surface area contributed by atoms with Gasteiger partial charge in [0.1, 0.15) is 45.9 Å². The normalized spacial score (nSPS) is 10.3. The van der Waals surface area contributed by atoms with Crippen LogP contribution in [0.2, 0.25) is 0 Å². The SMILES string of the molecule is FCc1cccc(C#CCCn2nc3ccccc3n2)n1.Fc1ccc2nn(CCC#Cc3ccccn3)nc2c1. The summed E-state index contributed by atoms with van der Waals surface area (Å²) in [5.74, 6) is 11.6. The van der Waals surface area contributed by atoms with Gasteiger partial charge in [-0.25, -0.2) is 18.7 Å². The predicted molar refractivity (Wildman–Crippen MR) is 151 cm³/mol. The molecule has 0 bridgehead atoms. The molecule has 0 saturated carbocycles. The number of nitrogens with zero attached hydrogens (tertiary/aromatic N) is 8. The van der Waals surface area contributed by atoms with Crippen molar-refractivity contribution in [2.75, 3.05) is 0 Å². The van der Waals surface area contributed by atoms with Gasteiger partial charge in [0.2, 0.25) is 0 Å². The average Bonchev–Trinajstić information content (AvgIpc) is 3.61. The lowest BCUT2D eigenvalue weighted by Gasteiger charge is -1.94. The number of aryl methyl sites for hydroxylation is 2. The highest BCUT2D eigenvalue weighted by Crippen LogP contribution is 2.10. The zero-order chi connectivity index (χ0) is 28.3. The number of hydrogen-bond acceptors (Lipinski definition) is 6. The minimum atomic E-state index is -0.570. The molecule has 6 aromatic rings. The maximum Gasteiger partial charge on any atom is 0.131 e. The fourth-order valence-corrected chi connectivity index (χ4v) is 3.71. The van der Waals surface area contributed by atoms with Crippen LogP contribution >= 0.6 is 0 Å². The smallest absolute Gasteiger partial charge is 0.131 e. The topological polar surface area (TPSA) is 87.2 Å². The number of pyridine rings is 2. The molecule has 0 aliphatic heterocycles. The van der Waals surface area contributed by atoms with Crippen molar-refractivity contribution in [3.63, 3.8) is 0 Å². The summed E-state index contributed by atoms with van der Waals surface area (Å²) in [6.45, 7) is 0.611. The van der Waals surface area contributed by atoms with Crippen LogP contribution in [-0.2, 0) is 19.8 Å². The molecule has 0 unspecified atom stereocenters. The molecule has 10 heteroatoms. The van der Waals surface area contributed by atoms with E-state index in [1.54, 1.807) is 35.3 Å². The molecule has 41 heavy (non-hydrogen) atoms. The summed E-state index contributed by atoms with van der Waals surface area (Å²) in [6, 6.07) is 22.9. The number of rotatable bonds is 5. The first-order valence-electron chi connectivity index (χ1n) is 12.9. The highest BCUT2D eigenvalue weighted by Gasteiger charge is 2.03. The molecule has 0 amide bonds. The molecule has 0 spiro atoms. The highest BCUT2D eigenvalue weighted by molar-refractivity contribution is 5.73. The first kappa shape index (κ1) is 27.1. The van der Waals surface area contributed by atoms with Crippen LogP contribution in [0.15, 0.2) is 85.1 Å². The van der Waals surface area contributed by atoms with Gasteiger partial charge in [0.25, 0.3) is 0 Å². The second-order valence-electron chi connectivity index (χ2n) is 8.68. The van der Waals surface area contributed by atoms with Crippen LogP contribution in [0, 0.1) is 29.5 Å². The summed E-state index contributed by atoms with van der Waals surface area (Å²) >= 11 is 0. The quantitative estimate of drug-likeness (QED) is 0.278. The highest BCUT2D eigenvalue weighted by atomic mass is 19.1.